The third-order valence-electron chi connectivity index (χ3n) is 3.76. The molecule has 6 heteroatoms. The maximum atomic E-state index is 12.1. The van der Waals surface area contributed by atoms with Crippen LogP contribution in [0.5, 0.6) is 0 Å². The number of hydrogen-bond donors (Lipinski definition) is 0. The Morgan fingerprint density at radius 2 is 1.74 bits per heavy atom. The molecule has 0 aliphatic carbocycles. The Kier molecular flexibility index (Phi) is 5.48. The first-order chi connectivity index (χ1) is 10.6. The number of rotatable bonds is 2. The van der Waals surface area contributed by atoms with Gasteiger partial charge in [0.1, 0.15) is 0 Å². The van der Waals surface area contributed by atoms with Crippen LogP contribution in [0.25, 0.3) is 0 Å². The minimum absolute atomic E-state index is 0.218. The van der Waals surface area contributed by atoms with Gasteiger partial charge in [-0.3, -0.25) is 0 Å². The summed E-state index contributed by atoms with van der Waals surface area (Å²) in [5.41, 5.74) is -0.441. The first-order valence-electron chi connectivity index (χ1n) is 8.27. The van der Waals surface area contributed by atoms with Gasteiger partial charge < -0.3 is 0 Å². The van der Waals surface area contributed by atoms with E-state index in [4.69, 9.17) is 9.72 Å². The normalized spacial score (nSPS) is 16.4. The Morgan fingerprint density at radius 1 is 1.13 bits per heavy atom. The third kappa shape index (κ3) is 5.26. The summed E-state index contributed by atoms with van der Waals surface area (Å²) in [4.78, 5) is 28.2. The van der Waals surface area contributed by atoms with Crippen LogP contribution in [0.2, 0.25) is 14.8 Å². The molecular weight excluding hydrogens is 397 g/mol. The van der Waals surface area contributed by atoms with Crippen molar-refractivity contribution in [3.63, 3.8) is 0 Å². The minimum atomic E-state index is -2.15. The van der Waals surface area contributed by atoms with E-state index in [-0.39, 0.29) is 6.09 Å². The van der Waals surface area contributed by atoms with Crippen molar-refractivity contribution in [2.45, 2.75) is 41.2 Å². The number of nitrogens with zero attached hydrogens (tertiary/aromatic N) is 3. The predicted molar refractivity (Wildman–Crippen MR) is 97.2 cm³/mol. The summed E-state index contributed by atoms with van der Waals surface area (Å²) in [6, 6.07) is 6.35. The average molecular weight is 426 g/mol. The summed E-state index contributed by atoms with van der Waals surface area (Å²) < 4.78 is 6.74. The molecule has 0 aromatic carbocycles. The number of piperazine rings is 1. The van der Waals surface area contributed by atoms with E-state index in [1.54, 1.807) is 4.90 Å². The van der Waals surface area contributed by atoms with Crippen LogP contribution in [-0.4, -0.2) is 66.1 Å². The molecule has 1 amide bonds. The van der Waals surface area contributed by atoms with E-state index in [1.807, 2.05) is 20.8 Å². The van der Waals surface area contributed by atoms with Crippen LogP contribution in [0.4, 0.5) is 10.6 Å². The molecule has 23 heavy (non-hydrogen) atoms. The van der Waals surface area contributed by atoms with Gasteiger partial charge in [-0.15, -0.1) is 0 Å². The van der Waals surface area contributed by atoms with Gasteiger partial charge in [-0.2, -0.15) is 0 Å². The van der Waals surface area contributed by atoms with Crippen molar-refractivity contribution in [3.05, 3.63) is 18.2 Å². The van der Waals surface area contributed by atoms with Crippen LogP contribution in [0.15, 0.2) is 18.2 Å². The van der Waals surface area contributed by atoms with Crippen LogP contribution in [0.3, 0.4) is 0 Å². The van der Waals surface area contributed by atoms with Crippen molar-refractivity contribution < 1.29 is 9.53 Å². The molecule has 2 rings (SSSR count). The number of anilines is 1. The van der Waals surface area contributed by atoms with Gasteiger partial charge in [0.2, 0.25) is 0 Å². The third-order valence-corrected chi connectivity index (χ3v) is 8.94. The number of hydrogen-bond acceptors (Lipinski definition) is 4. The van der Waals surface area contributed by atoms with Crippen LogP contribution in [0, 0.1) is 0 Å². The van der Waals surface area contributed by atoms with Crippen molar-refractivity contribution >= 4 is 34.0 Å². The molecule has 0 N–H and O–H groups in total. The van der Waals surface area contributed by atoms with Gasteiger partial charge >= 0.3 is 144 Å². The second-order valence-electron chi connectivity index (χ2n) is 8.09. The fourth-order valence-electron chi connectivity index (χ4n) is 2.46. The zero-order valence-electron chi connectivity index (χ0n) is 15.2. The molecule has 1 aromatic rings. The van der Waals surface area contributed by atoms with Crippen molar-refractivity contribution in [2.24, 2.45) is 0 Å². The topological polar surface area (TPSA) is 45.7 Å². The first kappa shape index (κ1) is 18.4. The van der Waals surface area contributed by atoms with E-state index in [9.17, 15) is 4.79 Å². The standard InChI is InChI=1S/C14H20N3O2.3CH3.Sn/c1-14(2,3)19-13(18)17-10-8-16(9-11-17)12-6-4-5-7-15-12;;;;/h4-6H,8-11H2,1-3H3;3*1H3;. The van der Waals surface area contributed by atoms with Crippen LogP contribution < -0.4 is 8.61 Å². The Hall–Kier alpha value is -0.981. The quantitative estimate of drug-likeness (QED) is 0.683. The molecule has 1 fully saturated rings. The molecule has 2 heterocycles. The van der Waals surface area contributed by atoms with E-state index in [1.165, 1.54) is 3.71 Å². The molecule has 0 spiro atoms. The van der Waals surface area contributed by atoms with Gasteiger partial charge in [0.05, 0.1) is 0 Å². The number of aromatic nitrogens is 1. The molecule has 128 valence electrons. The van der Waals surface area contributed by atoms with Crippen molar-refractivity contribution in [2.75, 3.05) is 31.1 Å². The van der Waals surface area contributed by atoms with Crippen LogP contribution in [0.1, 0.15) is 20.8 Å². The monoisotopic (exact) mass is 427 g/mol. The van der Waals surface area contributed by atoms with E-state index >= 15 is 0 Å². The molecular formula is C17H29N3O2Sn. The molecule has 1 saturated heterocycles. The Balaban J connectivity index is 1.98. The van der Waals surface area contributed by atoms with E-state index in [0.29, 0.717) is 13.1 Å². The summed E-state index contributed by atoms with van der Waals surface area (Å²) in [6.07, 6.45) is -0.218. The van der Waals surface area contributed by atoms with E-state index < -0.39 is 24.0 Å². The molecule has 0 radical (unpaired) electrons. The Morgan fingerprint density at radius 3 is 2.26 bits per heavy atom. The molecule has 0 unspecified atom stereocenters. The van der Waals surface area contributed by atoms with Gasteiger partial charge in [-0.1, -0.05) is 0 Å². The summed E-state index contributed by atoms with van der Waals surface area (Å²) in [7, 11) is 0. The van der Waals surface area contributed by atoms with E-state index in [2.05, 4.69) is 37.9 Å². The fourth-order valence-corrected chi connectivity index (χ4v) is 5.45. The van der Waals surface area contributed by atoms with Crippen LogP contribution >= 0.6 is 0 Å². The maximum absolute atomic E-state index is 12.1. The molecule has 0 bridgehead atoms. The van der Waals surface area contributed by atoms with Gasteiger partial charge in [-0.05, 0) is 0 Å². The molecule has 5 nitrogen and oxygen atoms in total. The van der Waals surface area contributed by atoms with Gasteiger partial charge in [0.15, 0.2) is 0 Å². The zero-order chi connectivity index (χ0) is 17.3. The number of amides is 1. The predicted octanol–water partition coefficient (Wildman–Crippen LogP) is 2.68. The first-order valence-corrected chi connectivity index (χ1v) is 18.3. The fraction of sp³-hybridized carbons (Fsp3) is 0.647. The number of ether oxygens (including phenoxy) is 1. The number of carbonyl (C=O) groups excluding carboxylic acids is 1. The van der Waals surface area contributed by atoms with Gasteiger partial charge in [0.25, 0.3) is 0 Å². The molecule has 0 atom stereocenters. The molecule has 1 aromatic heterocycles. The van der Waals surface area contributed by atoms with Crippen molar-refractivity contribution in [1.29, 1.82) is 0 Å². The Bertz CT molecular complexity index is 556. The second-order valence-corrected chi connectivity index (χ2v) is 22.4. The molecule has 0 saturated carbocycles. The zero-order valence-corrected chi connectivity index (χ0v) is 18.1. The molecule has 1 aliphatic rings. The van der Waals surface area contributed by atoms with Crippen LogP contribution in [-0.2, 0) is 4.74 Å². The Labute approximate surface area is 143 Å². The van der Waals surface area contributed by atoms with E-state index in [0.717, 1.165) is 18.9 Å². The number of pyridine rings is 1. The SMILES string of the molecule is CC(C)(C)OC(=O)N1CCN(c2ccc[c]([Sn]([CH3])([CH3])[CH3])n2)CC1. The molecule has 1 aliphatic heterocycles. The average Bonchev–Trinajstić information content (AvgIpc) is 2.45. The second kappa shape index (κ2) is 6.87. The van der Waals surface area contributed by atoms with Crippen molar-refractivity contribution in [3.8, 4) is 0 Å². The van der Waals surface area contributed by atoms with Gasteiger partial charge in [-0.25, -0.2) is 0 Å². The summed E-state index contributed by atoms with van der Waals surface area (Å²) in [6.45, 7) is 8.66. The van der Waals surface area contributed by atoms with Crippen molar-refractivity contribution in [1.82, 2.24) is 9.88 Å². The number of carbonyl (C=O) groups is 1. The summed E-state index contributed by atoms with van der Waals surface area (Å²) in [5, 5.41) is 0. The van der Waals surface area contributed by atoms with Gasteiger partial charge in [0, 0.05) is 0 Å². The summed E-state index contributed by atoms with van der Waals surface area (Å²) in [5.74, 6) is 1.04. The summed E-state index contributed by atoms with van der Waals surface area (Å²) >= 11 is -2.15.